The van der Waals surface area contributed by atoms with Crippen molar-refractivity contribution in [3.8, 4) is 0 Å². The highest BCUT2D eigenvalue weighted by Gasteiger charge is 2.34. The van der Waals surface area contributed by atoms with E-state index in [4.69, 9.17) is 11.6 Å². The van der Waals surface area contributed by atoms with Gasteiger partial charge in [-0.3, -0.25) is 4.79 Å². The fourth-order valence-electron chi connectivity index (χ4n) is 2.41. The third kappa shape index (κ3) is 2.04. The summed E-state index contributed by atoms with van der Waals surface area (Å²) in [5.74, 6) is 0.186. The Bertz CT molecular complexity index is 226. The lowest BCUT2D eigenvalue weighted by atomic mass is 9.92. The molecule has 0 aromatic rings. The normalized spacial score (nSPS) is 39.1. The molecular weight excluding hydrogens is 202 g/mol. The second kappa shape index (κ2) is 4.07. The first kappa shape index (κ1) is 10.2. The van der Waals surface area contributed by atoms with Gasteiger partial charge in [-0.2, -0.15) is 0 Å². The molecular formula is C10H16ClNO2. The van der Waals surface area contributed by atoms with E-state index in [1.54, 1.807) is 0 Å². The zero-order chi connectivity index (χ0) is 10.1. The number of hydrogen-bond donors (Lipinski definition) is 1. The number of amides is 1. The van der Waals surface area contributed by atoms with Crippen LogP contribution in [0.25, 0.3) is 0 Å². The van der Waals surface area contributed by atoms with Crippen LogP contribution in [0.1, 0.15) is 32.1 Å². The van der Waals surface area contributed by atoms with Gasteiger partial charge in [0.1, 0.15) is 0 Å². The Balaban J connectivity index is 1.92. The molecule has 0 aromatic carbocycles. The molecule has 14 heavy (non-hydrogen) atoms. The van der Waals surface area contributed by atoms with Gasteiger partial charge in [0.2, 0.25) is 5.91 Å². The molecule has 0 radical (unpaired) electrons. The highest BCUT2D eigenvalue weighted by Crippen LogP contribution is 2.28. The first-order chi connectivity index (χ1) is 6.66. The van der Waals surface area contributed by atoms with E-state index in [0.29, 0.717) is 19.0 Å². The average Bonchev–Trinajstić information content (AvgIpc) is 2.47. The zero-order valence-electron chi connectivity index (χ0n) is 8.16. The molecule has 1 amide bonds. The number of nitrogens with zero attached hydrogens (tertiary/aromatic N) is 1. The number of likely N-dealkylation sites (tertiary alicyclic amines) is 1. The number of carbonyl (C=O) groups is 1. The van der Waals surface area contributed by atoms with E-state index in [-0.39, 0.29) is 17.4 Å². The summed E-state index contributed by atoms with van der Waals surface area (Å²) in [6.45, 7) is 0.696. The predicted molar refractivity (Wildman–Crippen MR) is 54.2 cm³/mol. The van der Waals surface area contributed by atoms with Crippen molar-refractivity contribution in [3.63, 3.8) is 0 Å². The number of alkyl halides is 1. The standard InChI is InChI=1S/C10H16ClNO2/c11-7-5-10(14)12(6-7)8-1-3-9(13)4-2-8/h7-9,13H,1-6H2. The number of carbonyl (C=O) groups excluding carboxylic acids is 1. The summed E-state index contributed by atoms with van der Waals surface area (Å²) in [5.41, 5.74) is 0. The molecule has 3 nitrogen and oxygen atoms in total. The van der Waals surface area contributed by atoms with Crippen molar-refractivity contribution in [1.29, 1.82) is 0 Å². The summed E-state index contributed by atoms with van der Waals surface area (Å²) < 4.78 is 0. The van der Waals surface area contributed by atoms with Gasteiger partial charge in [0.05, 0.1) is 11.5 Å². The molecule has 1 saturated carbocycles. The van der Waals surface area contributed by atoms with E-state index in [1.165, 1.54) is 0 Å². The number of hydrogen-bond acceptors (Lipinski definition) is 2. The lowest BCUT2D eigenvalue weighted by molar-refractivity contribution is -0.130. The van der Waals surface area contributed by atoms with Crippen LogP contribution in [-0.4, -0.2) is 40.0 Å². The van der Waals surface area contributed by atoms with Gasteiger partial charge in [0, 0.05) is 19.0 Å². The van der Waals surface area contributed by atoms with Crippen LogP contribution in [-0.2, 0) is 4.79 Å². The van der Waals surface area contributed by atoms with Crippen molar-refractivity contribution in [2.45, 2.75) is 49.6 Å². The SMILES string of the molecule is O=C1CC(Cl)CN1C1CCC(O)CC1. The van der Waals surface area contributed by atoms with E-state index in [2.05, 4.69) is 0 Å². The first-order valence-electron chi connectivity index (χ1n) is 5.28. The van der Waals surface area contributed by atoms with Crippen molar-refractivity contribution in [1.82, 2.24) is 4.90 Å². The quantitative estimate of drug-likeness (QED) is 0.669. The van der Waals surface area contributed by atoms with Gasteiger partial charge in [-0.25, -0.2) is 0 Å². The number of rotatable bonds is 1. The van der Waals surface area contributed by atoms with Crippen LogP contribution in [0.4, 0.5) is 0 Å². The fraction of sp³-hybridized carbons (Fsp3) is 0.900. The second-order valence-corrected chi connectivity index (χ2v) is 4.93. The Labute approximate surface area is 89.0 Å². The van der Waals surface area contributed by atoms with Gasteiger partial charge < -0.3 is 10.0 Å². The van der Waals surface area contributed by atoms with E-state index < -0.39 is 0 Å². The largest absolute Gasteiger partial charge is 0.393 e. The Morgan fingerprint density at radius 1 is 1.29 bits per heavy atom. The Kier molecular flexibility index (Phi) is 2.98. The third-order valence-corrected chi connectivity index (χ3v) is 3.51. The van der Waals surface area contributed by atoms with Crippen LogP contribution >= 0.6 is 11.6 Å². The molecule has 80 valence electrons. The van der Waals surface area contributed by atoms with Crippen molar-refractivity contribution in [3.05, 3.63) is 0 Å². The van der Waals surface area contributed by atoms with E-state index in [1.807, 2.05) is 4.90 Å². The van der Waals surface area contributed by atoms with Gasteiger partial charge in [0.15, 0.2) is 0 Å². The summed E-state index contributed by atoms with van der Waals surface area (Å²) in [4.78, 5) is 13.5. The maximum Gasteiger partial charge on any atom is 0.224 e. The third-order valence-electron chi connectivity index (χ3n) is 3.22. The van der Waals surface area contributed by atoms with Crippen LogP contribution < -0.4 is 0 Å². The molecule has 0 aromatic heterocycles. The van der Waals surface area contributed by atoms with Crippen LogP contribution in [0.2, 0.25) is 0 Å². The summed E-state index contributed by atoms with van der Waals surface area (Å²) in [6, 6.07) is 0.328. The molecule has 1 aliphatic carbocycles. The smallest absolute Gasteiger partial charge is 0.224 e. The minimum Gasteiger partial charge on any atom is -0.393 e. The maximum absolute atomic E-state index is 11.5. The monoisotopic (exact) mass is 217 g/mol. The van der Waals surface area contributed by atoms with Crippen molar-refractivity contribution in [2.75, 3.05) is 6.54 Å². The molecule has 2 aliphatic rings. The van der Waals surface area contributed by atoms with Crippen molar-refractivity contribution >= 4 is 17.5 Å². The average molecular weight is 218 g/mol. The van der Waals surface area contributed by atoms with Crippen LogP contribution in [0.15, 0.2) is 0 Å². The molecule has 1 N–H and O–H groups in total. The van der Waals surface area contributed by atoms with Gasteiger partial charge in [-0.05, 0) is 25.7 Å². The molecule has 0 spiro atoms. The van der Waals surface area contributed by atoms with Crippen molar-refractivity contribution in [2.24, 2.45) is 0 Å². The van der Waals surface area contributed by atoms with Gasteiger partial charge in [-0.1, -0.05) is 0 Å². The van der Waals surface area contributed by atoms with E-state index in [9.17, 15) is 9.90 Å². The van der Waals surface area contributed by atoms with Crippen molar-refractivity contribution < 1.29 is 9.90 Å². The molecule has 2 rings (SSSR count). The fourth-order valence-corrected chi connectivity index (χ4v) is 2.69. The summed E-state index contributed by atoms with van der Waals surface area (Å²) in [7, 11) is 0. The van der Waals surface area contributed by atoms with Crippen LogP contribution in [0.3, 0.4) is 0 Å². The molecule has 2 fully saturated rings. The van der Waals surface area contributed by atoms with E-state index in [0.717, 1.165) is 25.7 Å². The van der Waals surface area contributed by atoms with Gasteiger partial charge in [-0.15, -0.1) is 11.6 Å². The van der Waals surface area contributed by atoms with Gasteiger partial charge in [0.25, 0.3) is 0 Å². The number of aliphatic hydroxyl groups excluding tert-OH is 1. The van der Waals surface area contributed by atoms with Gasteiger partial charge >= 0.3 is 0 Å². The molecule has 1 heterocycles. The Hall–Kier alpha value is -0.280. The second-order valence-electron chi connectivity index (χ2n) is 4.31. The molecule has 1 saturated heterocycles. The molecule has 1 aliphatic heterocycles. The molecule has 1 atom stereocenters. The summed E-state index contributed by atoms with van der Waals surface area (Å²) in [5, 5.41) is 9.35. The maximum atomic E-state index is 11.5. The topological polar surface area (TPSA) is 40.5 Å². The number of aliphatic hydroxyl groups is 1. The first-order valence-corrected chi connectivity index (χ1v) is 5.72. The summed E-state index contributed by atoms with van der Waals surface area (Å²) in [6.07, 6.45) is 3.83. The Morgan fingerprint density at radius 3 is 2.43 bits per heavy atom. The molecule has 1 unspecified atom stereocenters. The zero-order valence-corrected chi connectivity index (χ0v) is 8.91. The predicted octanol–water partition coefficient (Wildman–Crippen LogP) is 1.13. The number of halogens is 1. The molecule has 0 bridgehead atoms. The minimum atomic E-state index is -0.157. The highest BCUT2D eigenvalue weighted by molar-refractivity contribution is 6.22. The minimum absolute atomic E-state index is 0.00523. The van der Waals surface area contributed by atoms with E-state index >= 15 is 0 Å². The highest BCUT2D eigenvalue weighted by atomic mass is 35.5. The summed E-state index contributed by atoms with van der Waals surface area (Å²) >= 11 is 5.94. The van der Waals surface area contributed by atoms with Crippen LogP contribution in [0, 0.1) is 0 Å². The lowest BCUT2D eigenvalue weighted by Crippen LogP contribution is -2.40. The molecule has 4 heteroatoms. The Morgan fingerprint density at radius 2 is 1.93 bits per heavy atom. The lowest BCUT2D eigenvalue weighted by Gasteiger charge is -2.32. The van der Waals surface area contributed by atoms with Crippen LogP contribution in [0.5, 0.6) is 0 Å².